The normalized spacial score (nSPS) is 43.8. The first-order valence-electron chi connectivity index (χ1n) is 16.9. The van der Waals surface area contributed by atoms with E-state index in [-0.39, 0.29) is 34.1 Å². The Hall–Kier alpha value is -2.03. The zero-order chi connectivity index (χ0) is 30.3. The van der Waals surface area contributed by atoms with Gasteiger partial charge in [-0.25, -0.2) is 4.79 Å². The number of ether oxygens (including phenoxy) is 1. The molecule has 1 N–H and O–H groups in total. The summed E-state index contributed by atoms with van der Waals surface area (Å²) in [5, 5.41) is 9.54. The summed E-state index contributed by atoms with van der Waals surface area (Å²) in [4.78, 5) is 13.0. The Morgan fingerprint density at radius 3 is 2.26 bits per heavy atom. The van der Waals surface area contributed by atoms with Crippen LogP contribution in [0.15, 0.2) is 42.0 Å². The standard InChI is InChI=1S/C39H56O3/c1-34(2)21-22-36(5)23-24-38(7)28(29(36)25-34)14-15-31-37(6)19-18-32(35(3,4)30(37)17-20-39(31,38)8)42-33(41)16-11-26-9-12-27(40)13-10-26/h9-14,16,29-32,40H,15,17-25H2,1-8H3/b16-11+/t29-,30+,31-,32+,36-,37+,38-,39-/m1/s1. The summed E-state index contributed by atoms with van der Waals surface area (Å²) < 4.78 is 6.22. The fraction of sp³-hybridized carbons (Fsp3) is 0.718. The number of hydrogen-bond acceptors (Lipinski definition) is 3. The number of carbonyl (C=O) groups excluding carboxylic acids is 1. The maximum atomic E-state index is 13.0. The van der Waals surface area contributed by atoms with E-state index in [2.05, 4.69) is 61.5 Å². The molecule has 4 saturated carbocycles. The maximum absolute atomic E-state index is 13.0. The average Bonchev–Trinajstić information content (AvgIpc) is 2.91. The maximum Gasteiger partial charge on any atom is 0.331 e. The SMILES string of the molecule is CC1(C)CC[C@]2(C)CC[C@]3(C)C(=CC[C@@H]4[C@@]5(C)CC[C@H](OC(=O)/C=C/c6ccc(O)cc6)C(C)(C)[C@@H]5CC[C@]43C)[C@H]2C1. The van der Waals surface area contributed by atoms with Gasteiger partial charge in [-0.05, 0) is 133 Å². The van der Waals surface area contributed by atoms with E-state index >= 15 is 0 Å². The van der Waals surface area contributed by atoms with Crippen LogP contribution in [0, 0.1) is 50.2 Å². The summed E-state index contributed by atoms with van der Waals surface area (Å²) in [5.41, 5.74) is 4.43. The van der Waals surface area contributed by atoms with Gasteiger partial charge in [0, 0.05) is 11.5 Å². The lowest BCUT2D eigenvalue weighted by Gasteiger charge is -2.71. The van der Waals surface area contributed by atoms with Crippen LogP contribution in [-0.4, -0.2) is 17.2 Å². The molecule has 4 fully saturated rings. The van der Waals surface area contributed by atoms with Gasteiger partial charge in [-0.15, -0.1) is 0 Å². The van der Waals surface area contributed by atoms with Gasteiger partial charge in [0.05, 0.1) is 0 Å². The van der Waals surface area contributed by atoms with Crippen LogP contribution in [0.1, 0.15) is 125 Å². The fourth-order valence-electron chi connectivity index (χ4n) is 11.6. The van der Waals surface area contributed by atoms with E-state index < -0.39 is 0 Å². The summed E-state index contributed by atoms with van der Waals surface area (Å²) in [7, 11) is 0. The smallest absolute Gasteiger partial charge is 0.331 e. The van der Waals surface area contributed by atoms with Gasteiger partial charge in [0.1, 0.15) is 11.9 Å². The molecular formula is C39H56O3. The molecule has 1 aromatic rings. The van der Waals surface area contributed by atoms with E-state index in [4.69, 9.17) is 4.74 Å². The molecule has 3 heteroatoms. The summed E-state index contributed by atoms with van der Waals surface area (Å²) in [6.07, 6.45) is 18.7. The molecule has 1 aromatic carbocycles. The Morgan fingerprint density at radius 1 is 0.857 bits per heavy atom. The lowest BCUT2D eigenvalue weighted by molar-refractivity contribution is -0.210. The number of benzene rings is 1. The van der Waals surface area contributed by atoms with E-state index in [1.165, 1.54) is 51.4 Å². The van der Waals surface area contributed by atoms with E-state index in [9.17, 15) is 9.90 Å². The van der Waals surface area contributed by atoms with Crippen LogP contribution in [0.3, 0.4) is 0 Å². The third-order valence-electron chi connectivity index (χ3n) is 14.6. The van der Waals surface area contributed by atoms with Crippen LogP contribution in [-0.2, 0) is 9.53 Å². The summed E-state index contributed by atoms with van der Waals surface area (Å²) in [5.74, 6) is 1.91. The molecule has 0 amide bonds. The minimum Gasteiger partial charge on any atom is -0.508 e. The highest BCUT2D eigenvalue weighted by Gasteiger charge is 2.68. The molecule has 0 saturated heterocycles. The Morgan fingerprint density at radius 2 is 1.55 bits per heavy atom. The minimum atomic E-state index is -0.260. The minimum absolute atomic E-state index is 0.0676. The van der Waals surface area contributed by atoms with Gasteiger partial charge >= 0.3 is 5.97 Å². The number of carbonyl (C=O) groups is 1. The number of esters is 1. The molecule has 0 radical (unpaired) electrons. The van der Waals surface area contributed by atoms with Crippen molar-refractivity contribution in [2.75, 3.05) is 0 Å². The van der Waals surface area contributed by atoms with Crippen molar-refractivity contribution in [2.45, 2.75) is 126 Å². The Kier molecular flexibility index (Phi) is 6.96. The van der Waals surface area contributed by atoms with Crippen molar-refractivity contribution in [3.8, 4) is 5.75 Å². The van der Waals surface area contributed by atoms with Crippen LogP contribution in [0.4, 0.5) is 0 Å². The van der Waals surface area contributed by atoms with Crippen molar-refractivity contribution in [1.82, 2.24) is 0 Å². The second-order valence-corrected chi connectivity index (χ2v) is 17.6. The van der Waals surface area contributed by atoms with Gasteiger partial charge in [-0.2, -0.15) is 0 Å². The van der Waals surface area contributed by atoms with Crippen molar-refractivity contribution in [3.63, 3.8) is 0 Å². The van der Waals surface area contributed by atoms with Crippen molar-refractivity contribution in [2.24, 2.45) is 50.2 Å². The third kappa shape index (κ3) is 4.45. The molecular weight excluding hydrogens is 516 g/mol. The van der Waals surface area contributed by atoms with Gasteiger partial charge in [0.15, 0.2) is 0 Å². The molecule has 0 aromatic heterocycles. The number of phenolic OH excluding ortho intramolecular Hbond substituents is 1. The molecule has 230 valence electrons. The van der Waals surface area contributed by atoms with Crippen molar-refractivity contribution < 1.29 is 14.6 Å². The van der Waals surface area contributed by atoms with Crippen molar-refractivity contribution in [3.05, 3.63) is 47.6 Å². The Balaban J connectivity index is 1.24. The van der Waals surface area contributed by atoms with Gasteiger partial charge in [0.2, 0.25) is 0 Å². The molecule has 3 nitrogen and oxygen atoms in total. The van der Waals surface area contributed by atoms with Crippen LogP contribution in [0.2, 0.25) is 0 Å². The predicted molar refractivity (Wildman–Crippen MR) is 172 cm³/mol. The third-order valence-corrected chi connectivity index (χ3v) is 14.6. The van der Waals surface area contributed by atoms with Gasteiger partial charge in [-0.1, -0.05) is 79.2 Å². The second kappa shape index (κ2) is 9.73. The van der Waals surface area contributed by atoms with Crippen LogP contribution in [0.5, 0.6) is 5.75 Å². The Bertz CT molecular complexity index is 1280. The molecule has 0 unspecified atom stereocenters. The van der Waals surface area contributed by atoms with E-state index in [0.717, 1.165) is 24.3 Å². The fourth-order valence-corrected chi connectivity index (χ4v) is 11.6. The highest BCUT2D eigenvalue weighted by molar-refractivity contribution is 5.87. The molecule has 0 aliphatic heterocycles. The topological polar surface area (TPSA) is 46.5 Å². The Labute approximate surface area is 255 Å². The first-order chi connectivity index (χ1) is 19.5. The van der Waals surface area contributed by atoms with Gasteiger partial charge < -0.3 is 9.84 Å². The van der Waals surface area contributed by atoms with E-state index in [0.29, 0.717) is 28.1 Å². The number of hydrogen-bond donors (Lipinski definition) is 1. The molecule has 6 rings (SSSR count). The predicted octanol–water partition coefficient (Wildman–Crippen LogP) is 10.1. The molecule has 0 bridgehead atoms. The number of allylic oxidation sites excluding steroid dienone is 2. The monoisotopic (exact) mass is 572 g/mol. The zero-order valence-corrected chi connectivity index (χ0v) is 27.7. The summed E-state index contributed by atoms with van der Waals surface area (Å²) in [6, 6.07) is 6.89. The highest BCUT2D eigenvalue weighted by atomic mass is 16.5. The van der Waals surface area contributed by atoms with Crippen LogP contribution >= 0.6 is 0 Å². The van der Waals surface area contributed by atoms with Crippen LogP contribution in [0.25, 0.3) is 6.08 Å². The number of rotatable bonds is 3. The highest BCUT2D eigenvalue weighted by Crippen LogP contribution is 2.75. The van der Waals surface area contributed by atoms with Crippen LogP contribution < -0.4 is 0 Å². The molecule has 5 aliphatic carbocycles. The van der Waals surface area contributed by atoms with E-state index in [1.807, 2.05) is 5.57 Å². The largest absolute Gasteiger partial charge is 0.508 e. The number of aromatic hydroxyl groups is 1. The summed E-state index contributed by atoms with van der Waals surface area (Å²) in [6.45, 7) is 20.4. The van der Waals surface area contributed by atoms with Gasteiger partial charge in [0.25, 0.3) is 0 Å². The number of phenols is 1. The second-order valence-electron chi connectivity index (χ2n) is 17.6. The quantitative estimate of drug-likeness (QED) is 0.223. The zero-order valence-electron chi connectivity index (χ0n) is 27.7. The van der Waals surface area contributed by atoms with Crippen molar-refractivity contribution in [1.29, 1.82) is 0 Å². The molecule has 0 heterocycles. The lowest BCUT2D eigenvalue weighted by Crippen LogP contribution is -2.64. The molecule has 5 aliphatic rings. The van der Waals surface area contributed by atoms with Crippen molar-refractivity contribution >= 4 is 12.0 Å². The molecule has 8 atom stereocenters. The lowest BCUT2D eigenvalue weighted by atomic mass is 9.33. The van der Waals surface area contributed by atoms with Gasteiger partial charge in [-0.3, -0.25) is 0 Å². The number of fused-ring (bicyclic) bond motifs is 7. The first kappa shape index (κ1) is 30.0. The molecule has 42 heavy (non-hydrogen) atoms. The first-order valence-corrected chi connectivity index (χ1v) is 16.9. The summed E-state index contributed by atoms with van der Waals surface area (Å²) >= 11 is 0. The molecule has 0 spiro atoms. The van der Waals surface area contributed by atoms with E-state index in [1.54, 1.807) is 36.4 Å². The average molecular weight is 573 g/mol.